The number of allylic oxidation sites excluding steroid dienone is 2. The fourth-order valence-corrected chi connectivity index (χ4v) is 11.9. The normalized spacial score (nSPS) is 23.9. The lowest BCUT2D eigenvalue weighted by Crippen LogP contribution is -2.65. The summed E-state index contributed by atoms with van der Waals surface area (Å²) < 4.78 is 22.9. The van der Waals surface area contributed by atoms with Crippen LogP contribution in [0.25, 0.3) is 0 Å². The summed E-state index contributed by atoms with van der Waals surface area (Å²) in [5.74, 6) is -0.201. The summed E-state index contributed by atoms with van der Waals surface area (Å²) in [6.45, 7) is 2.92. The smallest absolute Gasteiger partial charge is 0.220 e. The molecule has 14 heteroatoms. The lowest BCUT2D eigenvalue weighted by atomic mass is 9.97. The van der Waals surface area contributed by atoms with E-state index < -0.39 is 86.8 Å². The highest BCUT2D eigenvalue weighted by molar-refractivity contribution is 5.76. The third-order valence-corrected chi connectivity index (χ3v) is 17.5. The summed E-state index contributed by atoms with van der Waals surface area (Å²) in [7, 11) is 0. The maximum Gasteiger partial charge on any atom is 0.220 e. The average Bonchev–Trinajstić information content (AvgIpc) is 3.53. The zero-order valence-corrected chi connectivity index (χ0v) is 52.8. The Morgan fingerprint density at radius 3 is 1.16 bits per heavy atom. The summed E-state index contributed by atoms with van der Waals surface area (Å²) in [5, 5.41) is 87.6. The van der Waals surface area contributed by atoms with Crippen LogP contribution in [-0.2, 0) is 23.7 Å². The van der Waals surface area contributed by atoms with Crippen molar-refractivity contribution in [2.75, 3.05) is 19.8 Å². The molecule has 12 atom stereocenters. The Hall–Kier alpha value is -1.27. The van der Waals surface area contributed by atoms with Crippen LogP contribution in [-0.4, -0.2) is 140 Å². The molecular formula is C68H131NO13. The molecule has 14 nitrogen and oxygen atoms in total. The quantitative estimate of drug-likeness (QED) is 0.0204. The van der Waals surface area contributed by atoms with Gasteiger partial charge >= 0.3 is 0 Å². The van der Waals surface area contributed by atoms with Crippen LogP contribution in [0.5, 0.6) is 0 Å². The number of aliphatic hydroxyl groups is 8. The van der Waals surface area contributed by atoms with Crippen molar-refractivity contribution >= 4 is 5.91 Å². The number of aliphatic hydroxyl groups excluding tert-OH is 8. The Labute approximate surface area is 501 Å². The van der Waals surface area contributed by atoms with Gasteiger partial charge in [-0.1, -0.05) is 289 Å². The Morgan fingerprint density at radius 1 is 0.427 bits per heavy atom. The molecule has 0 saturated carbocycles. The minimum absolute atomic E-state index is 0.201. The van der Waals surface area contributed by atoms with Crippen molar-refractivity contribution in [2.45, 2.75) is 396 Å². The summed E-state index contributed by atoms with van der Waals surface area (Å²) in [6.07, 6.45) is 47.9. The van der Waals surface area contributed by atoms with Crippen LogP contribution >= 0.6 is 0 Å². The Morgan fingerprint density at radius 2 is 0.768 bits per heavy atom. The van der Waals surface area contributed by atoms with E-state index in [9.17, 15) is 45.6 Å². The largest absolute Gasteiger partial charge is 0.394 e. The molecule has 0 spiro atoms. The Balaban J connectivity index is 1.68. The molecule has 2 heterocycles. The maximum absolute atomic E-state index is 13.3. The second-order valence-electron chi connectivity index (χ2n) is 25.0. The van der Waals surface area contributed by atoms with Gasteiger partial charge in [0.2, 0.25) is 5.91 Å². The molecule has 486 valence electrons. The number of ether oxygens (including phenoxy) is 4. The lowest BCUT2D eigenvalue weighted by Gasteiger charge is -2.46. The highest BCUT2D eigenvalue weighted by Gasteiger charge is 2.51. The molecule has 9 N–H and O–H groups in total. The van der Waals surface area contributed by atoms with Crippen molar-refractivity contribution in [1.29, 1.82) is 0 Å². The standard InChI is InChI=1S/C68H131NO13/c1-3-5-7-9-11-13-15-17-19-21-23-25-27-28-30-31-33-35-37-39-41-43-45-47-49-51-57(72)56(55-79-67-65(78)63(76)66(59(54-71)81-67)82-68-64(77)62(75)61(74)58(53-70)80-68)69-60(73)52-50-48-46-44-42-40-38-36-34-32-29-26-24-22-20-18-16-14-12-10-8-6-4-2/h22,24,56-59,61-68,70-72,74-78H,3-21,23,25-55H2,1-2H3,(H,69,73)/b24-22-. The minimum atomic E-state index is -1.78. The van der Waals surface area contributed by atoms with Crippen LogP contribution in [0.15, 0.2) is 12.2 Å². The molecule has 82 heavy (non-hydrogen) atoms. The van der Waals surface area contributed by atoms with E-state index in [0.717, 1.165) is 51.4 Å². The predicted octanol–water partition coefficient (Wildman–Crippen LogP) is 13.8. The molecule has 0 aliphatic carbocycles. The first-order valence-corrected chi connectivity index (χ1v) is 34.9. The highest BCUT2D eigenvalue weighted by atomic mass is 16.7. The number of nitrogens with one attached hydrogen (secondary N) is 1. The highest BCUT2D eigenvalue weighted by Crippen LogP contribution is 2.30. The van der Waals surface area contributed by atoms with Gasteiger partial charge in [-0.3, -0.25) is 4.79 Å². The number of rotatable bonds is 58. The van der Waals surface area contributed by atoms with Gasteiger partial charge in [0, 0.05) is 6.42 Å². The van der Waals surface area contributed by atoms with Crippen molar-refractivity contribution in [3.8, 4) is 0 Å². The van der Waals surface area contributed by atoms with E-state index in [0.29, 0.717) is 12.8 Å². The molecule has 0 aromatic heterocycles. The Kier molecular flexibility index (Phi) is 50.5. The van der Waals surface area contributed by atoms with Gasteiger partial charge in [-0.15, -0.1) is 0 Å². The van der Waals surface area contributed by atoms with E-state index in [1.165, 1.54) is 244 Å². The van der Waals surface area contributed by atoms with Crippen molar-refractivity contribution in [3.05, 3.63) is 12.2 Å². The molecule has 2 aliphatic rings. The molecule has 2 aliphatic heterocycles. The number of carbonyl (C=O) groups excluding carboxylic acids is 1. The van der Waals surface area contributed by atoms with Gasteiger partial charge in [0.05, 0.1) is 32.0 Å². The van der Waals surface area contributed by atoms with Crippen LogP contribution in [0.4, 0.5) is 0 Å². The van der Waals surface area contributed by atoms with Gasteiger partial charge in [0.1, 0.15) is 48.8 Å². The van der Waals surface area contributed by atoms with Crippen molar-refractivity contribution < 1.29 is 64.6 Å². The first-order valence-electron chi connectivity index (χ1n) is 34.9. The summed E-state index contributed by atoms with van der Waals surface area (Å²) in [4.78, 5) is 13.3. The number of hydrogen-bond donors (Lipinski definition) is 9. The monoisotopic (exact) mass is 1170 g/mol. The number of unbranched alkanes of at least 4 members (excludes halogenated alkanes) is 43. The van der Waals surface area contributed by atoms with Crippen molar-refractivity contribution in [1.82, 2.24) is 5.32 Å². The summed E-state index contributed by atoms with van der Waals surface area (Å²) in [6, 6.07) is -0.827. The topological polar surface area (TPSA) is 228 Å². The van der Waals surface area contributed by atoms with Crippen molar-refractivity contribution in [3.63, 3.8) is 0 Å². The molecular weight excluding hydrogens is 1040 g/mol. The lowest BCUT2D eigenvalue weighted by molar-refractivity contribution is -0.359. The second-order valence-corrected chi connectivity index (χ2v) is 25.0. The molecule has 0 aromatic rings. The van der Waals surface area contributed by atoms with Crippen LogP contribution in [0, 0.1) is 0 Å². The fraction of sp³-hybridized carbons (Fsp3) is 0.956. The van der Waals surface area contributed by atoms with Crippen LogP contribution in [0.1, 0.15) is 322 Å². The molecule has 1 amide bonds. The average molecular weight is 1170 g/mol. The Bertz CT molecular complexity index is 1420. The molecule has 2 fully saturated rings. The maximum atomic E-state index is 13.3. The van der Waals surface area contributed by atoms with Gasteiger partial charge in [0.15, 0.2) is 12.6 Å². The van der Waals surface area contributed by atoms with Crippen molar-refractivity contribution in [2.24, 2.45) is 0 Å². The second kappa shape index (κ2) is 53.9. The van der Waals surface area contributed by atoms with Gasteiger partial charge in [-0.2, -0.15) is 0 Å². The first kappa shape index (κ1) is 76.8. The number of carbonyl (C=O) groups is 1. The number of hydrogen-bond acceptors (Lipinski definition) is 13. The molecule has 2 rings (SSSR count). The van der Waals surface area contributed by atoms with E-state index in [2.05, 4.69) is 31.3 Å². The zero-order valence-electron chi connectivity index (χ0n) is 52.8. The molecule has 12 unspecified atom stereocenters. The van der Waals surface area contributed by atoms with E-state index in [1.54, 1.807) is 0 Å². The molecule has 0 aromatic carbocycles. The van der Waals surface area contributed by atoms with Gasteiger partial charge in [-0.25, -0.2) is 0 Å². The fourth-order valence-electron chi connectivity index (χ4n) is 11.9. The molecule has 2 saturated heterocycles. The van der Waals surface area contributed by atoms with Gasteiger partial charge in [-0.05, 0) is 38.5 Å². The van der Waals surface area contributed by atoms with Gasteiger partial charge in [0.25, 0.3) is 0 Å². The zero-order chi connectivity index (χ0) is 59.5. The molecule has 0 radical (unpaired) electrons. The predicted molar refractivity (Wildman–Crippen MR) is 332 cm³/mol. The van der Waals surface area contributed by atoms with Crippen LogP contribution in [0.2, 0.25) is 0 Å². The SMILES string of the molecule is CCCCCCCCCC/C=C\CCCCCCCCCCCCCC(=O)NC(COC1OC(CO)C(OC2OC(CO)C(O)C(O)C2O)C(O)C1O)C(O)CCCCCCCCCCCCCCCCCCCCCCCCCCC. The van der Waals surface area contributed by atoms with Crippen LogP contribution < -0.4 is 5.32 Å². The number of amides is 1. The summed E-state index contributed by atoms with van der Waals surface area (Å²) >= 11 is 0. The van der Waals surface area contributed by atoms with E-state index >= 15 is 0 Å². The minimum Gasteiger partial charge on any atom is -0.394 e. The first-order chi connectivity index (χ1) is 40.1. The van der Waals surface area contributed by atoms with Crippen LogP contribution in [0.3, 0.4) is 0 Å². The summed E-state index contributed by atoms with van der Waals surface area (Å²) in [5.41, 5.74) is 0. The van der Waals surface area contributed by atoms with Gasteiger partial charge < -0.3 is 65.1 Å². The van der Waals surface area contributed by atoms with E-state index in [-0.39, 0.29) is 12.5 Å². The third kappa shape index (κ3) is 38.1. The third-order valence-electron chi connectivity index (χ3n) is 17.5. The molecule has 0 bridgehead atoms. The van der Waals surface area contributed by atoms with E-state index in [1.807, 2.05) is 0 Å². The van der Waals surface area contributed by atoms with E-state index in [4.69, 9.17) is 18.9 Å².